The van der Waals surface area contributed by atoms with Gasteiger partial charge < -0.3 is 20.6 Å². The highest BCUT2D eigenvalue weighted by molar-refractivity contribution is 7.17. The Bertz CT molecular complexity index is 1190. The number of thiazole rings is 1. The molecule has 2 aromatic rings. The lowest BCUT2D eigenvalue weighted by Crippen LogP contribution is -2.47. The van der Waals surface area contributed by atoms with Gasteiger partial charge in [0.2, 0.25) is 0 Å². The van der Waals surface area contributed by atoms with E-state index in [1.54, 1.807) is 4.90 Å². The molecule has 0 aromatic carbocycles. The molecule has 2 aliphatic carbocycles. The molecule has 1 atom stereocenters. The topological polar surface area (TPSA) is 107 Å². The van der Waals surface area contributed by atoms with Crippen molar-refractivity contribution in [1.29, 1.82) is 0 Å². The van der Waals surface area contributed by atoms with Gasteiger partial charge in [0, 0.05) is 37.4 Å². The van der Waals surface area contributed by atoms with Gasteiger partial charge in [-0.25, -0.2) is 9.97 Å². The number of amides is 2. The number of halogens is 3. The predicted molar refractivity (Wildman–Crippen MR) is 132 cm³/mol. The number of hydrogen-bond acceptors (Lipinski definition) is 7. The van der Waals surface area contributed by atoms with Gasteiger partial charge in [0.15, 0.2) is 5.01 Å². The molecule has 0 spiro atoms. The Morgan fingerprint density at radius 1 is 1.24 bits per heavy atom. The summed E-state index contributed by atoms with van der Waals surface area (Å²) >= 11 is 0.737. The summed E-state index contributed by atoms with van der Waals surface area (Å²) in [6.45, 7) is 2.92. The number of carbonyl (C=O) groups excluding carboxylic acids is 2. The van der Waals surface area contributed by atoms with Gasteiger partial charge in [0.25, 0.3) is 11.8 Å². The Morgan fingerprint density at radius 2 is 2.00 bits per heavy atom. The molecule has 0 bridgehead atoms. The van der Waals surface area contributed by atoms with E-state index in [-0.39, 0.29) is 39.5 Å². The van der Waals surface area contributed by atoms with Crippen LogP contribution in [-0.2, 0) is 6.18 Å². The third-order valence-electron chi connectivity index (χ3n) is 7.42. The van der Waals surface area contributed by atoms with Crippen LogP contribution in [0, 0.1) is 5.92 Å². The average Bonchev–Trinajstić information content (AvgIpc) is 3.40. The van der Waals surface area contributed by atoms with Crippen molar-refractivity contribution < 1.29 is 27.9 Å². The predicted octanol–water partition coefficient (Wildman–Crippen LogP) is 4.32. The molecule has 2 aromatic heterocycles. The van der Waals surface area contributed by atoms with Crippen molar-refractivity contribution in [2.24, 2.45) is 5.92 Å². The first-order chi connectivity index (χ1) is 17.5. The standard InChI is InChI=1S/C25H30F3N5O3S/c1-14-4-2-9-33(14)23(35)19-20(37-22(32-19)21(34)31-13-24(36)7-3-8-24)16-12-30-18(29-11-15-5-6-15)10-17(16)25(26,27)28/h10,12,14-15,36H,2-9,11,13H2,1H3,(H,29,30)(H,31,34). The zero-order chi connectivity index (χ0) is 26.4. The lowest BCUT2D eigenvalue weighted by Gasteiger charge is -2.36. The Kier molecular flexibility index (Phi) is 6.90. The van der Waals surface area contributed by atoms with E-state index in [1.807, 2.05) is 6.92 Å². The number of alkyl halides is 3. The average molecular weight is 538 g/mol. The summed E-state index contributed by atoms with van der Waals surface area (Å²) in [5.74, 6) is -0.579. The maximum Gasteiger partial charge on any atom is 0.417 e. The summed E-state index contributed by atoms with van der Waals surface area (Å²) in [5.41, 5.74) is -2.38. The summed E-state index contributed by atoms with van der Waals surface area (Å²) in [7, 11) is 0. The van der Waals surface area contributed by atoms with Crippen molar-refractivity contribution in [3.63, 3.8) is 0 Å². The van der Waals surface area contributed by atoms with Crippen LogP contribution in [0.3, 0.4) is 0 Å². The summed E-state index contributed by atoms with van der Waals surface area (Å²) < 4.78 is 42.6. The van der Waals surface area contributed by atoms with Crippen molar-refractivity contribution >= 4 is 29.0 Å². The molecule has 1 unspecified atom stereocenters. The van der Waals surface area contributed by atoms with Gasteiger partial charge in [-0.15, -0.1) is 11.3 Å². The number of hydrogen-bond donors (Lipinski definition) is 3. The second kappa shape index (κ2) is 9.86. The summed E-state index contributed by atoms with van der Waals surface area (Å²) in [5, 5.41) is 15.8. The van der Waals surface area contributed by atoms with Crippen molar-refractivity contribution in [2.75, 3.05) is 25.0 Å². The highest BCUT2D eigenvalue weighted by Gasteiger charge is 2.39. The van der Waals surface area contributed by atoms with E-state index in [1.165, 1.54) is 0 Å². The van der Waals surface area contributed by atoms with Crippen LogP contribution in [0.5, 0.6) is 0 Å². The molecule has 1 saturated heterocycles. The first kappa shape index (κ1) is 25.9. The molecular weight excluding hydrogens is 507 g/mol. The summed E-state index contributed by atoms with van der Waals surface area (Å²) in [4.78, 5) is 36.3. The van der Waals surface area contributed by atoms with Crippen molar-refractivity contribution in [3.05, 3.63) is 28.5 Å². The molecule has 8 nitrogen and oxygen atoms in total. The molecule has 3 fully saturated rings. The first-order valence-electron chi connectivity index (χ1n) is 12.7. The molecule has 3 N–H and O–H groups in total. The van der Waals surface area contributed by atoms with E-state index < -0.39 is 29.2 Å². The molecular formula is C25H30F3N5O3S. The monoisotopic (exact) mass is 537 g/mol. The van der Waals surface area contributed by atoms with Crippen LogP contribution in [0.15, 0.2) is 12.3 Å². The first-order valence-corrected chi connectivity index (χ1v) is 13.5. The number of aromatic nitrogens is 2. The van der Waals surface area contributed by atoms with E-state index in [2.05, 4.69) is 20.6 Å². The van der Waals surface area contributed by atoms with E-state index in [4.69, 9.17) is 0 Å². The maximum absolute atomic E-state index is 14.2. The fourth-order valence-corrected chi connectivity index (χ4v) is 5.73. The molecule has 1 aliphatic heterocycles. The van der Waals surface area contributed by atoms with Crippen LogP contribution in [0.2, 0.25) is 0 Å². The van der Waals surface area contributed by atoms with Gasteiger partial charge in [-0.2, -0.15) is 13.2 Å². The second-order valence-corrected chi connectivity index (χ2v) is 11.4. The van der Waals surface area contributed by atoms with E-state index in [9.17, 15) is 27.9 Å². The van der Waals surface area contributed by atoms with Gasteiger partial charge >= 0.3 is 6.18 Å². The molecule has 2 amide bonds. The van der Waals surface area contributed by atoms with Crippen molar-refractivity contribution in [3.8, 4) is 10.4 Å². The van der Waals surface area contributed by atoms with Gasteiger partial charge in [-0.1, -0.05) is 0 Å². The van der Waals surface area contributed by atoms with E-state index in [0.717, 1.165) is 55.7 Å². The summed E-state index contributed by atoms with van der Waals surface area (Å²) in [6.07, 6.45) is 2.04. The van der Waals surface area contributed by atoms with E-state index >= 15 is 0 Å². The number of pyridine rings is 1. The number of carbonyl (C=O) groups is 2. The molecule has 2 saturated carbocycles. The van der Waals surface area contributed by atoms with Gasteiger partial charge in [-0.05, 0) is 63.9 Å². The zero-order valence-electron chi connectivity index (χ0n) is 20.5. The van der Waals surface area contributed by atoms with Gasteiger partial charge in [0.05, 0.1) is 16.0 Å². The van der Waals surface area contributed by atoms with Crippen molar-refractivity contribution in [2.45, 2.75) is 69.7 Å². The van der Waals surface area contributed by atoms with Crippen molar-refractivity contribution in [1.82, 2.24) is 20.2 Å². The minimum Gasteiger partial charge on any atom is -0.388 e. The van der Waals surface area contributed by atoms with Crippen LogP contribution < -0.4 is 10.6 Å². The largest absolute Gasteiger partial charge is 0.417 e. The lowest BCUT2D eigenvalue weighted by molar-refractivity contribution is -0.137. The SMILES string of the molecule is CC1CCCN1C(=O)c1nc(C(=O)NCC2(O)CCC2)sc1-c1cnc(NCC2CC2)cc1C(F)(F)F. The zero-order valence-corrected chi connectivity index (χ0v) is 21.3. The van der Waals surface area contributed by atoms with E-state index in [0.29, 0.717) is 31.8 Å². The quantitative estimate of drug-likeness (QED) is 0.463. The molecule has 3 aliphatic rings. The third kappa shape index (κ3) is 5.59. The molecule has 200 valence electrons. The number of nitrogens with one attached hydrogen (secondary N) is 2. The number of likely N-dealkylation sites (tertiary alicyclic amines) is 1. The minimum atomic E-state index is -4.71. The number of aliphatic hydroxyl groups is 1. The fraction of sp³-hybridized carbons (Fsp3) is 0.600. The second-order valence-electron chi connectivity index (χ2n) is 10.4. The smallest absolute Gasteiger partial charge is 0.388 e. The van der Waals surface area contributed by atoms with Gasteiger partial charge in [0.1, 0.15) is 11.5 Å². The van der Waals surface area contributed by atoms with Crippen LogP contribution in [-0.4, -0.2) is 63.1 Å². The Balaban J connectivity index is 1.51. The lowest BCUT2D eigenvalue weighted by atomic mass is 9.80. The Hall–Kier alpha value is -2.73. The van der Waals surface area contributed by atoms with Crippen LogP contribution in [0.25, 0.3) is 10.4 Å². The highest BCUT2D eigenvalue weighted by Crippen LogP contribution is 2.42. The summed E-state index contributed by atoms with van der Waals surface area (Å²) in [6, 6.07) is 0.872. The molecule has 3 heterocycles. The Morgan fingerprint density at radius 3 is 2.59 bits per heavy atom. The maximum atomic E-state index is 14.2. The number of nitrogens with zero attached hydrogens (tertiary/aromatic N) is 3. The van der Waals surface area contributed by atoms with Gasteiger partial charge in [-0.3, -0.25) is 9.59 Å². The highest BCUT2D eigenvalue weighted by atomic mass is 32.1. The van der Waals surface area contributed by atoms with Crippen LogP contribution in [0.4, 0.5) is 19.0 Å². The molecule has 5 rings (SSSR count). The Labute approximate surface area is 216 Å². The minimum absolute atomic E-state index is 0.0178. The molecule has 37 heavy (non-hydrogen) atoms. The third-order valence-corrected chi connectivity index (χ3v) is 8.51. The molecule has 0 radical (unpaired) electrons. The fourth-order valence-electron chi connectivity index (χ4n) is 4.74. The molecule has 12 heteroatoms. The number of rotatable bonds is 8. The van der Waals surface area contributed by atoms with Crippen LogP contribution in [0.1, 0.15) is 77.7 Å². The number of anilines is 1. The normalized spacial score (nSPS) is 21.0. The van der Waals surface area contributed by atoms with Crippen LogP contribution >= 0.6 is 11.3 Å².